The molecule has 1 N–H and O–H groups in total. The molecule has 108 valence electrons. The monoisotopic (exact) mass is 286 g/mol. The van der Waals surface area contributed by atoms with E-state index in [4.69, 9.17) is 15.1 Å². The van der Waals surface area contributed by atoms with E-state index >= 15 is 0 Å². The van der Waals surface area contributed by atoms with Crippen LogP contribution in [0.4, 0.5) is 0 Å². The minimum Gasteiger partial charge on any atom is -0.487 e. The molecule has 0 radical (unpaired) electrons. The Morgan fingerprint density at radius 3 is 3.00 bits per heavy atom. The topological polar surface area (TPSA) is 101 Å². The Labute approximate surface area is 121 Å². The van der Waals surface area contributed by atoms with Gasteiger partial charge >= 0.3 is 5.97 Å². The van der Waals surface area contributed by atoms with Crippen molar-refractivity contribution in [1.29, 1.82) is 5.26 Å². The van der Waals surface area contributed by atoms with Gasteiger partial charge in [0, 0.05) is 0 Å². The zero-order chi connectivity index (χ0) is 15.2. The van der Waals surface area contributed by atoms with E-state index < -0.39 is 5.97 Å². The van der Waals surface area contributed by atoms with Crippen LogP contribution < -0.4 is 4.74 Å². The van der Waals surface area contributed by atoms with E-state index in [9.17, 15) is 4.79 Å². The molecule has 0 fully saturated rings. The lowest BCUT2D eigenvalue weighted by molar-refractivity contribution is 0.0687. The Bertz CT molecular complexity index is 688. The van der Waals surface area contributed by atoms with Crippen molar-refractivity contribution in [2.75, 3.05) is 0 Å². The normalized spacial score (nSPS) is 10.1. The molecular weight excluding hydrogens is 272 g/mol. The molecule has 0 saturated heterocycles. The van der Waals surface area contributed by atoms with Crippen molar-refractivity contribution in [2.24, 2.45) is 0 Å². The van der Waals surface area contributed by atoms with Crippen LogP contribution in [0.5, 0.6) is 5.75 Å². The molecule has 0 saturated carbocycles. The number of nitrogens with zero attached hydrogens (tertiary/aromatic N) is 4. The van der Waals surface area contributed by atoms with Crippen molar-refractivity contribution < 1.29 is 14.6 Å². The highest BCUT2D eigenvalue weighted by Crippen LogP contribution is 2.16. The van der Waals surface area contributed by atoms with Crippen LogP contribution in [-0.2, 0) is 19.6 Å². The van der Waals surface area contributed by atoms with Gasteiger partial charge in [0.05, 0.1) is 6.07 Å². The second-order valence-corrected chi connectivity index (χ2v) is 4.30. The summed E-state index contributed by atoms with van der Waals surface area (Å²) < 4.78 is 6.83. The van der Waals surface area contributed by atoms with Gasteiger partial charge in [-0.15, -0.1) is 5.10 Å². The molecule has 0 bridgehead atoms. The highest BCUT2D eigenvalue weighted by Gasteiger charge is 2.19. The fraction of sp³-hybridized carbons (Fsp3) is 0.286. The first kappa shape index (κ1) is 14.5. The highest BCUT2D eigenvalue weighted by atomic mass is 16.5. The standard InChI is InChI=1S/C14H14N4O3/c1-2-10-4-3-5-11(8-10)21-9-12-13(14(19)20)16-17-18(12)7-6-15/h3-5,8H,2,7,9H2,1H3,(H,19,20). The zero-order valence-electron chi connectivity index (χ0n) is 11.5. The molecule has 0 aliphatic carbocycles. The van der Waals surface area contributed by atoms with Crippen LogP contribution in [0.15, 0.2) is 24.3 Å². The number of carbonyl (C=O) groups is 1. The molecule has 0 amide bonds. The van der Waals surface area contributed by atoms with Crippen molar-refractivity contribution in [3.63, 3.8) is 0 Å². The van der Waals surface area contributed by atoms with Gasteiger partial charge in [-0.2, -0.15) is 5.26 Å². The maximum absolute atomic E-state index is 11.1. The summed E-state index contributed by atoms with van der Waals surface area (Å²) in [5.41, 5.74) is 1.19. The fourth-order valence-electron chi connectivity index (χ4n) is 1.84. The number of hydrogen-bond donors (Lipinski definition) is 1. The first-order valence-electron chi connectivity index (χ1n) is 6.40. The van der Waals surface area contributed by atoms with Gasteiger partial charge in [-0.3, -0.25) is 0 Å². The highest BCUT2D eigenvalue weighted by molar-refractivity contribution is 5.86. The summed E-state index contributed by atoms with van der Waals surface area (Å²) in [6.07, 6.45) is 0.880. The predicted molar refractivity (Wildman–Crippen MR) is 72.7 cm³/mol. The van der Waals surface area contributed by atoms with Gasteiger partial charge in [-0.25, -0.2) is 9.48 Å². The number of hydrogen-bond acceptors (Lipinski definition) is 5. The van der Waals surface area contributed by atoms with Crippen LogP contribution >= 0.6 is 0 Å². The third-order valence-electron chi connectivity index (χ3n) is 2.94. The van der Waals surface area contributed by atoms with Crippen molar-refractivity contribution in [2.45, 2.75) is 26.5 Å². The number of nitriles is 1. The summed E-state index contributed by atoms with van der Waals surface area (Å²) in [4.78, 5) is 11.1. The largest absolute Gasteiger partial charge is 0.487 e. The molecule has 7 nitrogen and oxygen atoms in total. The summed E-state index contributed by atoms with van der Waals surface area (Å²) in [6, 6.07) is 9.44. The van der Waals surface area contributed by atoms with E-state index in [2.05, 4.69) is 10.3 Å². The fourth-order valence-corrected chi connectivity index (χ4v) is 1.84. The first-order valence-corrected chi connectivity index (χ1v) is 6.40. The first-order chi connectivity index (χ1) is 10.2. The quantitative estimate of drug-likeness (QED) is 0.866. The van der Waals surface area contributed by atoms with Gasteiger partial charge < -0.3 is 9.84 Å². The van der Waals surface area contributed by atoms with Gasteiger partial charge in [0.15, 0.2) is 5.69 Å². The van der Waals surface area contributed by atoms with Crippen LogP contribution in [0.1, 0.15) is 28.7 Å². The summed E-state index contributed by atoms with van der Waals surface area (Å²) in [6.45, 7) is 1.95. The van der Waals surface area contributed by atoms with E-state index in [0.717, 1.165) is 12.0 Å². The molecule has 1 heterocycles. The number of ether oxygens (including phenoxy) is 1. The maximum Gasteiger partial charge on any atom is 0.358 e. The molecular formula is C14H14N4O3. The van der Waals surface area contributed by atoms with E-state index in [0.29, 0.717) is 5.75 Å². The third kappa shape index (κ3) is 3.36. The molecule has 0 unspecified atom stereocenters. The SMILES string of the molecule is CCc1cccc(OCc2c(C(=O)O)nnn2CC#N)c1. The zero-order valence-corrected chi connectivity index (χ0v) is 11.5. The van der Waals surface area contributed by atoms with Crippen molar-refractivity contribution >= 4 is 5.97 Å². The Balaban J connectivity index is 2.20. The molecule has 0 aliphatic heterocycles. The number of aryl methyl sites for hydroxylation is 1. The van der Waals surface area contributed by atoms with Gasteiger partial charge in [-0.05, 0) is 24.1 Å². The molecule has 7 heteroatoms. The summed E-state index contributed by atoms with van der Waals surface area (Å²) >= 11 is 0. The van der Waals surface area contributed by atoms with E-state index in [1.807, 2.05) is 31.2 Å². The number of carboxylic acids is 1. The average Bonchev–Trinajstić information content (AvgIpc) is 2.89. The number of rotatable bonds is 6. The van der Waals surface area contributed by atoms with E-state index in [1.165, 1.54) is 4.68 Å². The Morgan fingerprint density at radius 2 is 2.33 bits per heavy atom. The summed E-state index contributed by atoms with van der Waals surface area (Å²) in [5, 5.41) is 25.0. The second kappa shape index (κ2) is 6.52. The molecule has 1 aromatic heterocycles. The molecule has 0 aliphatic rings. The Morgan fingerprint density at radius 1 is 1.52 bits per heavy atom. The number of benzene rings is 1. The lowest BCUT2D eigenvalue weighted by Crippen LogP contribution is -2.11. The predicted octanol–water partition coefficient (Wildman–Crippen LogP) is 1.64. The van der Waals surface area contributed by atoms with Crippen molar-refractivity contribution in [3.05, 3.63) is 41.2 Å². The van der Waals surface area contributed by atoms with E-state index in [-0.39, 0.29) is 24.5 Å². The Hall–Kier alpha value is -2.88. The van der Waals surface area contributed by atoms with Crippen LogP contribution in [0.2, 0.25) is 0 Å². The maximum atomic E-state index is 11.1. The summed E-state index contributed by atoms with van der Waals surface area (Å²) in [7, 11) is 0. The van der Waals surface area contributed by atoms with Crippen LogP contribution in [0.3, 0.4) is 0 Å². The minimum atomic E-state index is -1.19. The van der Waals surface area contributed by atoms with Gasteiger partial charge in [0.25, 0.3) is 0 Å². The molecule has 0 spiro atoms. The molecule has 2 aromatic rings. The molecule has 2 rings (SSSR count). The van der Waals surface area contributed by atoms with Gasteiger partial charge in [-0.1, -0.05) is 24.3 Å². The lowest BCUT2D eigenvalue weighted by atomic mass is 10.2. The van der Waals surface area contributed by atoms with Gasteiger partial charge in [0.1, 0.15) is 24.6 Å². The van der Waals surface area contributed by atoms with E-state index in [1.54, 1.807) is 6.07 Å². The van der Waals surface area contributed by atoms with Gasteiger partial charge in [0.2, 0.25) is 0 Å². The van der Waals surface area contributed by atoms with Crippen molar-refractivity contribution in [1.82, 2.24) is 15.0 Å². The average molecular weight is 286 g/mol. The minimum absolute atomic E-state index is 0.0104. The molecule has 0 atom stereocenters. The summed E-state index contributed by atoms with van der Waals surface area (Å²) in [5.74, 6) is -0.560. The number of aromatic nitrogens is 3. The lowest BCUT2D eigenvalue weighted by Gasteiger charge is -2.08. The van der Waals surface area contributed by atoms with Crippen LogP contribution in [-0.4, -0.2) is 26.1 Å². The van der Waals surface area contributed by atoms with Crippen LogP contribution in [0, 0.1) is 11.3 Å². The number of aromatic carboxylic acids is 1. The smallest absolute Gasteiger partial charge is 0.358 e. The molecule has 21 heavy (non-hydrogen) atoms. The molecule has 1 aromatic carbocycles. The Kier molecular flexibility index (Phi) is 4.51. The number of carboxylic acid groups (broad SMARTS) is 1. The van der Waals surface area contributed by atoms with Crippen molar-refractivity contribution in [3.8, 4) is 11.8 Å². The second-order valence-electron chi connectivity index (χ2n) is 4.30. The third-order valence-corrected chi connectivity index (χ3v) is 2.94. The van der Waals surface area contributed by atoms with Crippen LogP contribution in [0.25, 0.3) is 0 Å².